The van der Waals surface area contributed by atoms with Crippen LogP contribution < -0.4 is 0 Å². The van der Waals surface area contributed by atoms with Crippen LogP contribution in [0, 0.1) is 0 Å². The number of fused-ring (bicyclic) bond motifs is 28. The topological polar surface area (TPSA) is 54.9 Å². The van der Waals surface area contributed by atoms with Gasteiger partial charge in [-0.15, -0.1) is 0 Å². The zero-order valence-corrected chi connectivity index (χ0v) is 48.2. The van der Waals surface area contributed by atoms with E-state index in [0.717, 1.165) is 36.3 Å². The Morgan fingerprint density at radius 2 is 0.735 bits per heavy atom. The lowest BCUT2D eigenvalue weighted by Crippen LogP contribution is -2.25. The van der Waals surface area contributed by atoms with Gasteiger partial charge in [0.2, 0.25) is 0 Å². The van der Waals surface area contributed by atoms with Crippen LogP contribution in [0.25, 0.3) is 88.1 Å². The Labute approximate surface area is 500 Å². The Hall–Kier alpha value is -9.17. The monoisotopic (exact) mass is 1210 g/mol. The van der Waals surface area contributed by atoms with Gasteiger partial charge in [0.15, 0.2) is 0 Å². The summed E-state index contributed by atoms with van der Waals surface area (Å²) in [5.74, 6) is -0.0391. The molecule has 83 heavy (non-hydrogen) atoms. The van der Waals surface area contributed by atoms with Crippen molar-refractivity contribution < 1.29 is 9.59 Å². The van der Waals surface area contributed by atoms with Crippen LogP contribution in [0.15, 0.2) is 276 Å². The van der Waals surface area contributed by atoms with Gasteiger partial charge >= 0.3 is 0 Å². The highest BCUT2D eigenvalue weighted by Crippen LogP contribution is 2.66. The van der Waals surface area contributed by atoms with Gasteiger partial charge in [0, 0.05) is 52.7 Å². The highest BCUT2D eigenvalue weighted by Gasteiger charge is 2.54. The van der Waals surface area contributed by atoms with Gasteiger partial charge in [0.1, 0.15) is 0 Å². The molecular formula is C76H45Br2ClN2O2. The zero-order valence-electron chi connectivity index (χ0n) is 44.3. The second kappa shape index (κ2) is 18.9. The number of aromatic nitrogens is 2. The van der Waals surface area contributed by atoms with Crippen molar-refractivity contribution in [2.24, 2.45) is 0 Å². The van der Waals surface area contributed by atoms with E-state index in [1.54, 1.807) is 18.2 Å². The van der Waals surface area contributed by atoms with E-state index in [2.05, 4.69) is 249 Å². The van der Waals surface area contributed by atoms with Crippen LogP contribution >= 0.6 is 43.5 Å². The average molecular weight is 1210 g/mol. The third kappa shape index (κ3) is 6.86. The molecule has 4 aliphatic carbocycles. The maximum absolute atomic E-state index is 14.5. The van der Waals surface area contributed by atoms with Gasteiger partial charge < -0.3 is 4.98 Å². The van der Waals surface area contributed by atoms with Crippen molar-refractivity contribution in [2.45, 2.75) is 10.8 Å². The predicted octanol–water partition coefficient (Wildman–Crippen LogP) is 20.1. The number of aromatic amines is 1. The van der Waals surface area contributed by atoms with Crippen LogP contribution in [0.4, 0.5) is 0 Å². The van der Waals surface area contributed by atoms with Gasteiger partial charge in [-0.1, -0.05) is 246 Å². The van der Waals surface area contributed by atoms with Gasteiger partial charge in [-0.25, -0.2) is 0 Å². The molecule has 0 saturated carbocycles. The van der Waals surface area contributed by atoms with Gasteiger partial charge in [0.05, 0.1) is 32.9 Å². The molecule has 0 radical (unpaired) electrons. The Balaban J connectivity index is 0.000000119. The molecular weight excluding hydrogens is 1170 g/mol. The number of carbonyl (C=O) groups excluding carboxylic acids is 2. The van der Waals surface area contributed by atoms with Crippen LogP contribution in [-0.4, -0.2) is 20.7 Å². The first-order valence-electron chi connectivity index (χ1n) is 27.7. The average Bonchev–Trinajstić information content (AvgIpc) is 1.79. The molecule has 0 fully saturated rings. The van der Waals surface area contributed by atoms with Crippen molar-refractivity contribution in [2.75, 3.05) is 0 Å². The lowest BCUT2D eigenvalue weighted by atomic mass is 9.70. The number of hydrogen-bond donors (Lipinski definition) is 1. The van der Waals surface area contributed by atoms with Crippen molar-refractivity contribution in [3.05, 3.63) is 332 Å². The number of para-hydroxylation sites is 2. The summed E-state index contributed by atoms with van der Waals surface area (Å²) in [4.78, 5) is 28.9. The molecule has 0 unspecified atom stereocenters. The zero-order chi connectivity index (χ0) is 55.7. The molecule has 2 spiro atoms. The van der Waals surface area contributed by atoms with E-state index in [-0.39, 0.29) is 11.3 Å². The molecule has 2 aromatic heterocycles. The standard InChI is InChI=1S/C38H22BrNO.C31H19N.C7H4BrClO/c39-33-19-9-4-15-28(33)37(41)40-34-20-10-5-13-25(34)26-21-22-32-35(36(26)40)27-14-3-8-18-31(27)38(32)29-16-6-1-11-23(29)24-12-2-7-17-30(24)38;1-5-13-24-19(9-1)20-10-2-6-14-25(20)31(24)26-15-7-3-12-23(26)29-27(31)18-17-22-21-11-4-8-16-28(21)32-30(22)29;8-6-4-2-1-3-5(6)7(9)10/h1-22H;1-18,32H;1-4H. The van der Waals surface area contributed by atoms with Crippen LogP contribution in [0.2, 0.25) is 0 Å². The van der Waals surface area contributed by atoms with Crippen molar-refractivity contribution in [1.29, 1.82) is 0 Å². The summed E-state index contributed by atoms with van der Waals surface area (Å²) in [7, 11) is 0. The number of carbonyl (C=O) groups is 2. The van der Waals surface area contributed by atoms with E-state index in [1.807, 2.05) is 41.0 Å². The summed E-state index contributed by atoms with van der Waals surface area (Å²) in [6.45, 7) is 0. The Bertz CT molecular complexity index is 5010. The third-order valence-corrected chi connectivity index (χ3v) is 19.4. The molecule has 0 atom stereocenters. The quantitative estimate of drug-likeness (QED) is 0.175. The van der Waals surface area contributed by atoms with E-state index >= 15 is 0 Å². The number of rotatable bonds is 2. The smallest absolute Gasteiger partial charge is 0.264 e. The minimum absolute atomic E-state index is 0.0391. The summed E-state index contributed by atoms with van der Waals surface area (Å²) in [5, 5.41) is 4.32. The Morgan fingerprint density at radius 1 is 0.349 bits per heavy atom. The summed E-state index contributed by atoms with van der Waals surface area (Å²) < 4.78 is 3.47. The molecule has 0 saturated heterocycles. The molecule has 392 valence electrons. The molecule has 14 aromatic rings. The molecule has 0 bridgehead atoms. The highest BCUT2D eigenvalue weighted by molar-refractivity contribution is 9.10. The van der Waals surface area contributed by atoms with Crippen molar-refractivity contribution in [3.8, 4) is 44.5 Å². The van der Waals surface area contributed by atoms with Crippen molar-refractivity contribution in [3.63, 3.8) is 0 Å². The third-order valence-electron chi connectivity index (χ3n) is 17.8. The van der Waals surface area contributed by atoms with Crippen LogP contribution in [0.3, 0.4) is 0 Å². The molecule has 12 aromatic carbocycles. The van der Waals surface area contributed by atoms with E-state index in [0.29, 0.717) is 11.1 Å². The van der Waals surface area contributed by atoms with Crippen molar-refractivity contribution >= 4 is 98.2 Å². The van der Waals surface area contributed by atoms with Crippen LogP contribution in [0.5, 0.6) is 0 Å². The fourth-order valence-corrected chi connectivity index (χ4v) is 15.9. The minimum Gasteiger partial charge on any atom is -0.354 e. The predicted molar refractivity (Wildman–Crippen MR) is 346 cm³/mol. The van der Waals surface area contributed by atoms with Crippen LogP contribution in [0.1, 0.15) is 65.2 Å². The van der Waals surface area contributed by atoms with Crippen molar-refractivity contribution in [1.82, 2.24) is 9.55 Å². The maximum Gasteiger partial charge on any atom is 0.264 e. The number of benzene rings is 12. The maximum atomic E-state index is 14.5. The van der Waals surface area contributed by atoms with E-state index in [9.17, 15) is 9.59 Å². The van der Waals surface area contributed by atoms with Crippen LogP contribution in [-0.2, 0) is 10.8 Å². The van der Waals surface area contributed by atoms with E-state index in [1.165, 1.54) is 105 Å². The molecule has 4 aliphatic rings. The van der Waals surface area contributed by atoms with E-state index in [4.69, 9.17) is 11.6 Å². The van der Waals surface area contributed by atoms with E-state index < -0.39 is 10.7 Å². The number of H-pyrrole nitrogens is 1. The van der Waals surface area contributed by atoms with Gasteiger partial charge in [0.25, 0.3) is 11.1 Å². The molecule has 0 aliphatic heterocycles. The second-order valence-corrected chi connectivity index (χ2v) is 23.7. The molecule has 4 nitrogen and oxygen atoms in total. The van der Waals surface area contributed by atoms with Gasteiger partial charge in [-0.3, -0.25) is 14.2 Å². The summed E-state index contributed by atoms with van der Waals surface area (Å²) in [6.07, 6.45) is 0. The number of hydrogen-bond acceptors (Lipinski definition) is 2. The SMILES string of the molecule is O=C(Cl)c1ccccc1Br.O=C(c1ccccc1Br)n1c2ccccc2c2ccc3c(c21)-c1ccccc1C31c2ccccc2-c2ccccc21.c1ccc2c(c1)-c1ccccc1C21c2ccccc2-c2c1ccc1c2[nH]c2ccccc21. The highest BCUT2D eigenvalue weighted by atomic mass is 79.9. The molecule has 0 amide bonds. The fourth-order valence-electron chi connectivity index (χ4n) is 14.7. The number of halogens is 3. The first kappa shape index (κ1) is 49.6. The lowest BCUT2D eigenvalue weighted by Gasteiger charge is -2.30. The second-order valence-electron chi connectivity index (χ2n) is 21.6. The lowest BCUT2D eigenvalue weighted by molar-refractivity contribution is 0.0968. The molecule has 18 rings (SSSR count). The molecule has 2 heterocycles. The summed E-state index contributed by atoms with van der Waals surface area (Å²) in [6, 6.07) is 94.2. The molecule has 7 heteroatoms. The fraction of sp³-hybridized carbons (Fsp3) is 0.0263. The largest absolute Gasteiger partial charge is 0.354 e. The summed E-state index contributed by atoms with van der Waals surface area (Å²) >= 11 is 12.1. The molecule has 1 N–H and O–H groups in total. The minimum atomic E-state index is -0.453. The Morgan fingerprint density at radius 3 is 1.24 bits per heavy atom. The first-order valence-corrected chi connectivity index (χ1v) is 29.7. The summed E-state index contributed by atoms with van der Waals surface area (Å²) in [5.41, 5.74) is 25.7. The normalized spacial score (nSPS) is 13.5. The van der Waals surface area contributed by atoms with Gasteiger partial charge in [-0.05, 0) is 142 Å². The number of nitrogens with zero attached hydrogens (tertiary/aromatic N) is 1. The Kier molecular flexibility index (Phi) is 11.3. The first-order chi connectivity index (χ1) is 40.8. The van der Waals surface area contributed by atoms with Gasteiger partial charge in [-0.2, -0.15) is 0 Å². The number of nitrogens with one attached hydrogen (secondary N) is 1.